The first-order valence-corrected chi connectivity index (χ1v) is 8.99. The van der Waals surface area contributed by atoms with E-state index < -0.39 is 10.0 Å². The maximum absolute atomic E-state index is 12.8. The molecule has 1 aromatic carbocycles. The van der Waals surface area contributed by atoms with E-state index in [0.29, 0.717) is 18.7 Å². The van der Waals surface area contributed by atoms with E-state index in [-0.39, 0.29) is 9.92 Å². The Morgan fingerprint density at radius 3 is 2.24 bits per heavy atom. The molecule has 0 spiro atoms. The molecule has 6 heteroatoms. The van der Waals surface area contributed by atoms with Crippen LogP contribution in [0.2, 0.25) is 5.02 Å². The van der Waals surface area contributed by atoms with E-state index in [2.05, 4.69) is 0 Å². The van der Waals surface area contributed by atoms with Crippen LogP contribution >= 0.6 is 11.6 Å². The third-order valence-electron chi connectivity index (χ3n) is 3.20. The quantitative estimate of drug-likeness (QED) is 0.729. The van der Waals surface area contributed by atoms with Gasteiger partial charge < -0.3 is 0 Å². The molecule has 0 N–H and O–H groups in total. The van der Waals surface area contributed by atoms with Gasteiger partial charge in [-0.3, -0.25) is 0 Å². The van der Waals surface area contributed by atoms with Crippen molar-refractivity contribution in [2.24, 2.45) is 0 Å². The Labute approximate surface area is 132 Å². The molecule has 0 aliphatic rings. The number of hydrogen-bond acceptors (Lipinski definition) is 3. The smallest absolute Gasteiger partial charge is 0.207 e. The van der Waals surface area contributed by atoms with Gasteiger partial charge in [-0.05, 0) is 31.0 Å². The van der Waals surface area contributed by atoms with Crippen molar-refractivity contribution in [2.75, 3.05) is 13.1 Å². The zero-order valence-corrected chi connectivity index (χ0v) is 14.0. The third kappa shape index (κ3) is 4.70. The van der Waals surface area contributed by atoms with Gasteiger partial charge in [0.25, 0.3) is 0 Å². The summed E-state index contributed by atoms with van der Waals surface area (Å²) in [6, 6.07) is 6.28. The van der Waals surface area contributed by atoms with E-state index in [1.54, 1.807) is 0 Å². The number of hydrogen-bond donors (Lipinski definition) is 0. The predicted molar refractivity (Wildman–Crippen MR) is 84.7 cm³/mol. The molecular weight excluding hydrogens is 308 g/mol. The first-order chi connectivity index (χ1) is 9.97. The van der Waals surface area contributed by atoms with Crippen LogP contribution in [0.5, 0.6) is 0 Å². The average Bonchev–Trinajstić information content (AvgIpc) is 2.47. The van der Waals surface area contributed by atoms with Crippen molar-refractivity contribution in [3.05, 3.63) is 28.8 Å². The zero-order valence-electron chi connectivity index (χ0n) is 12.5. The van der Waals surface area contributed by atoms with Crippen LogP contribution in [0.25, 0.3) is 0 Å². The number of benzene rings is 1. The van der Waals surface area contributed by atoms with Gasteiger partial charge in [0.05, 0.1) is 16.7 Å². The van der Waals surface area contributed by atoms with Gasteiger partial charge in [-0.1, -0.05) is 38.3 Å². The van der Waals surface area contributed by atoms with Crippen molar-refractivity contribution in [1.82, 2.24) is 4.31 Å². The average molecular weight is 329 g/mol. The van der Waals surface area contributed by atoms with Gasteiger partial charge >= 0.3 is 0 Å². The normalized spacial score (nSPS) is 11.6. The van der Waals surface area contributed by atoms with Crippen LogP contribution in [0.3, 0.4) is 0 Å². The summed E-state index contributed by atoms with van der Waals surface area (Å²) in [5.74, 6) is 0. The summed E-state index contributed by atoms with van der Waals surface area (Å²) in [7, 11) is -3.66. The molecule has 0 heterocycles. The van der Waals surface area contributed by atoms with Gasteiger partial charge in [0.15, 0.2) is 0 Å². The fourth-order valence-corrected chi connectivity index (χ4v) is 3.95. The van der Waals surface area contributed by atoms with Gasteiger partial charge in [-0.25, -0.2) is 8.42 Å². The van der Waals surface area contributed by atoms with E-state index in [1.807, 2.05) is 19.9 Å². The summed E-state index contributed by atoms with van der Waals surface area (Å²) in [6.07, 6.45) is 3.45. The van der Waals surface area contributed by atoms with Gasteiger partial charge in [-0.15, -0.1) is 0 Å². The predicted octanol–water partition coefficient (Wildman–Crippen LogP) is 3.80. The Bertz CT molecular complexity index is 601. The largest absolute Gasteiger partial charge is 0.244 e. The topological polar surface area (TPSA) is 61.2 Å². The number of rotatable bonds is 8. The summed E-state index contributed by atoms with van der Waals surface area (Å²) in [5.41, 5.74) is 0.295. The molecule has 0 saturated carbocycles. The number of nitriles is 1. The van der Waals surface area contributed by atoms with E-state index in [1.165, 1.54) is 22.5 Å². The van der Waals surface area contributed by atoms with Crippen LogP contribution < -0.4 is 0 Å². The summed E-state index contributed by atoms with van der Waals surface area (Å²) < 4.78 is 27.0. The molecule has 0 atom stereocenters. The first kappa shape index (κ1) is 18.0. The van der Waals surface area contributed by atoms with Gasteiger partial charge in [-0.2, -0.15) is 9.57 Å². The molecule has 0 amide bonds. The monoisotopic (exact) mass is 328 g/mol. The summed E-state index contributed by atoms with van der Waals surface area (Å²) in [5, 5.41) is 9.10. The van der Waals surface area contributed by atoms with Crippen molar-refractivity contribution in [1.29, 1.82) is 5.26 Å². The fourth-order valence-electron chi connectivity index (χ4n) is 1.93. The molecule has 0 unspecified atom stereocenters. The number of unbranched alkanes of at least 4 members (excludes halogenated alkanes) is 2. The SMILES string of the molecule is CCCCN(CCCC)S(=O)(=O)c1cc(C#N)ccc1Cl. The molecule has 0 radical (unpaired) electrons. The van der Waals surface area contributed by atoms with Crippen LogP contribution in [0.15, 0.2) is 23.1 Å². The fraction of sp³-hybridized carbons (Fsp3) is 0.533. The Morgan fingerprint density at radius 1 is 1.19 bits per heavy atom. The molecule has 4 nitrogen and oxygen atoms in total. The van der Waals surface area contributed by atoms with Gasteiger partial charge in [0.2, 0.25) is 10.0 Å². The molecule has 0 aliphatic carbocycles. The van der Waals surface area contributed by atoms with Crippen LogP contribution in [0, 0.1) is 11.3 Å². The highest BCUT2D eigenvalue weighted by molar-refractivity contribution is 7.89. The molecule has 116 valence electrons. The lowest BCUT2D eigenvalue weighted by Gasteiger charge is -2.22. The van der Waals surface area contributed by atoms with Crippen molar-refractivity contribution >= 4 is 21.6 Å². The second kappa shape index (κ2) is 8.38. The van der Waals surface area contributed by atoms with Crippen LogP contribution in [0.1, 0.15) is 45.1 Å². The van der Waals surface area contributed by atoms with Crippen LogP contribution in [-0.2, 0) is 10.0 Å². The minimum atomic E-state index is -3.66. The highest BCUT2D eigenvalue weighted by Crippen LogP contribution is 2.26. The van der Waals surface area contributed by atoms with Crippen LogP contribution in [-0.4, -0.2) is 25.8 Å². The second-order valence-electron chi connectivity index (χ2n) is 4.87. The highest BCUT2D eigenvalue weighted by Gasteiger charge is 2.26. The molecule has 0 aliphatic heterocycles. The number of nitrogens with zero attached hydrogens (tertiary/aromatic N) is 2. The molecule has 1 aromatic rings. The van der Waals surface area contributed by atoms with Crippen molar-refractivity contribution in [2.45, 2.75) is 44.4 Å². The Hall–Kier alpha value is -1.09. The molecule has 21 heavy (non-hydrogen) atoms. The first-order valence-electron chi connectivity index (χ1n) is 7.17. The number of sulfonamides is 1. The summed E-state index contributed by atoms with van der Waals surface area (Å²) >= 11 is 6.03. The second-order valence-corrected chi connectivity index (χ2v) is 7.18. The Morgan fingerprint density at radius 2 is 1.76 bits per heavy atom. The molecule has 0 aromatic heterocycles. The lowest BCUT2D eigenvalue weighted by atomic mass is 10.2. The minimum Gasteiger partial charge on any atom is -0.207 e. The van der Waals surface area contributed by atoms with Crippen LogP contribution in [0.4, 0.5) is 0 Å². The Balaban J connectivity index is 3.18. The maximum Gasteiger partial charge on any atom is 0.244 e. The maximum atomic E-state index is 12.8. The molecule has 0 bridgehead atoms. The lowest BCUT2D eigenvalue weighted by Crippen LogP contribution is -2.33. The lowest BCUT2D eigenvalue weighted by molar-refractivity contribution is 0.395. The standard InChI is InChI=1S/C15H21ClN2O2S/c1-3-5-9-18(10-6-4-2)21(19,20)15-11-13(12-17)7-8-14(15)16/h7-8,11H,3-6,9-10H2,1-2H3. The third-order valence-corrected chi connectivity index (χ3v) is 5.58. The Kier molecular flexibility index (Phi) is 7.16. The zero-order chi connectivity index (χ0) is 15.9. The molecule has 0 saturated heterocycles. The molecular formula is C15H21ClN2O2S. The van der Waals surface area contributed by atoms with E-state index >= 15 is 0 Å². The highest BCUT2D eigenvalue weighted by atomic mass is 35.5. The molecule has 0 fully saturated rings. The summed E-state index contributed by atoms with van der Waals surface area (Å²) in [6.45, 7) is 5.00. The minimum absolute atomic E-state index is 0.0235. The number of halogens is 1. The van der Waals surface area contributed by atoms with E-state index in [9.17, 15) is 8.42 Å². The van der Waals surface area contributed by atoms with Gasteiger partial charge in [0.1, 0.15) is 4.90 Å². The van der Waals surface area contributed by atoms with Crippen molar-refractivity contribution < 1.29 is 8.42 Å². The van der Waals surface area contributed by atoms with Crippen molar-refractivity contribution in [3.8, 4) is 6.07 Å². The van der Waals surface area contributed by atoms with E-state index in [4.69, 9.17) is 16.9 Å². The van der Waals surface area contributed by atoms with Gasteiger partial charge in [0, 0.05) is 13.1 Å². The van der Waals surface area contributed by atoms with E-state index in [0.717, 1.165) is 25.7 Å². The summed E-state index contributed by atoms with van der Waals surface area (Å²) in [4.78, 5) is 0.0235. The van der Waals surface area contributed by atoms with Crippen molar-refractivity contribution in [3.63, 3.8) is 0 Å². The molecule has 1 rings (SSSR count).